The first kappa shape index (κ1) is 23.4. The fraction of sp³-hybridized carbons (Fsp3) is 0.464. The third-order valence-electron chi connectivity index (χ3n) is 7.73. The number of carbonyl (C=O) groups is 3. The maximum Gasteiger partial charge on any atom is 0.407 e. The minimum absolute atomic E-state index is 0.0424. The molecule has 2 aromatic carbocycles. The van der Waals surface area contributed by atoms with E-state index in [9.17, 15) is 19.5 Å². The average Bonchev–Trinajstić information content (AvgIpc) is 3.45. The van der Waals surface area contributed by atoms with Crippen LogP contribution in [-0.2, 0) is 14.3 Å². The van der Waals surface area contributed by atoms with Crippen molar-refractivity contribution in [2.45, 2.75) is 50.5 Å². The number of carbonyl (C=O) groups excluding carboxylic acids is 2. The van der Waals surface area contributed by atoms with E-state index in [4.69, 9.17) is 4.74 Å². The summed E-state index contributed by atoms with van der Waals surface area (Å²) in [6.45, 7) is 0.517. The highest BCUT2D eigenvalue weighted by Gasteiger charge is 2.35. The van der Waals surface area contributed by atoms with Crippen LogP contribution in [0.4, 0.5) is 4.79 Å². The number of ether oxygens (including phenoxy) is 1. The van der Waals surface area contributed by atoms with Crippen LogP contribution in [0.3, 0.4) is 0 Å². The maximum absolute atomic E-state index is 12.9. The van der Waals surface area contributed by atoms with Crippen LogP contribution in [0.1, 0.15) is 55.6 Å². The normalized spacial score (nSPS) is 21.6. The molecule has 184 valence electrons. The largest absolute Gasteiger partial charge is 0.481 e. The Balaban J connectivity index is 1.19. The molecule has 2 aromatic rings. The van der Waals surface area contributed by atoms with Crippen LogP contribution in [0.2, 0.25) is 0 Å². The van der Waals surface area contributed by atoms with Gasteiger partial charge in [-0.3, -0.25) is 9.59 Å². The Morgan fingerprint density at radius 1 is 0.943 bits per heavy atom. The van der Waals surface area contributed by atoms with E-state index in [1.807, 2.05) is 24.3 Å². The van der Waals surface area contributed by atoms with Gasteiger partial charge in [0, 0.05) is 12.5 Å². The van der Waals surface area contributed by atoms with Crippen molar-refractivity contribution >= 4 is 18.0 Å². The summed E-state index contributed by atoms with van der Waals surface area (Å²) in [5.41, 5.74) is 4.60. The van der Waals surface area contributed by atoms with Crippen LogP contribution < -0.4 is 10.6 Å². The zero-order valence-electron chi connectivity index (χ0n) is 19.7. The van der Waals surface area contributed by atoms with Crippen molar-refractivity contribution in [3.63, 3.8) is 0 Å². The number of aliphatic carboxylic acids is 1. The monoisotopic (exact) mass is 476 g/mol. The number of hydrogen-bond donors (Lipinski definition) is 3. The predicted molar refractivity (Wildman–Crippen MR) is 131 cm³/mol. The average molecular weight is 477 g/mol. The number of carboxylic acid groups (broad SMARTS) is 1. The number of carboxylic acids is 1. The van der Waals surface area contributed by atoms with Gasteiger partial charge in [0.15, 0.2) is 0 Å². The van der Waals surface area contributed by atoms with Crippen molar-refractivity contribution < 1.29 is 24.2 Å². The van der Waals surface area contributed by atoms with Gasteiger partial charge in [-0.05, 0) is 53.4 Å². The van der Waals surface area contributed by atoms with E-state index >= 15 is 0 Å². The summed E-state index contributed by atoms with van der Waals surface area (Å²) in [6, 6.07) is 15.6. The zero-order valence-corrected chi connectivity index (χ0v) is 19.7. The zero-order chi connectivity index (χ0) is 24.4. The molecule has 0 aliphatic heterocycles. The second-order valence-electron chi connectivity index (χ2n) is 10.1. The van der Waals surface area contributed by atoms with E-state index in [0.717, 1.165) is 47.9 Å². The lowest BCUT2D eigenvalue weighted by molar-refractivity contribution is -0.143. The molecule has 3 atom stereocenters. The van der Waals surface area contributed by atoms with Crippen molar-refractivity contribution in [1.82, 2.24) is 10.6 Å². The van der Waals surface area contributed by atoms with Crippen LogP contribution >= 0.6 is 0 Å². The molecular weight excluding hydrogens is 444 g/mol. The number of amides is 2. The lowest BCUT2D eigenvalue weighted by atomic mass is 9.96. The molecule has 5 rings (SSSR count). The molecule has 0 spiro atoms. The van der Waals surface area contributed by atoms with Crippen LogP contribution in [0.5, 0.6) is 0 Å². The molecule has 7 heteroatoms. The molecule has 1 unspecified atom stereocenters. The third-order valence-corrected chi connectivity index (χ3v) is 7.73. The topological polar surface area (TPSA) is 105 Å². The second-order valence-corrected chi connectivity index (χ2v) is 10.1. The van der Waals surface area contributed by atoms with E-state index in [2.05, 4.69) is 34.9 Å². The van der Waals surface area contributed by atoms with Gasteiger partial charge in [0.1, 0.15) is 12.6 Å². The predicted octanol–water partition coefficient (Wildman–Crippen LogP) is 4.31. The van der Waals surface area contributed by atoms with Gasteiger partial charge in [-0.25, -0.2) is 4.79 Å². The van der Waals surface area contributed by atoms with Gasteiger partial charge >= 0.3 is 12.1 Å². The molecule has 2 saturated carbocycles. The summed E-state index contributed by atoms with van der Waals surface area (Å²) in [5.74, 6) is -1.15. The summed E-state index contributed by atoms with van der Waals surface area (Å²) in [4.78, 5) is 37.1. The summed E-state index contributed by atoms with van der Waals surface area (Å²) in [5, 5.41) is 15.1. The number of hydrogen-bond acceptors (Lipinski definition) is 4. The van der Waals surface area contributed by atoms with Crippen LogP contribution in [0.25, 0.3) is 11.1 Å². The number of fused-ring (bicyclic) bond motifs is 3. The summed E-state index contributed by atoms with van der Waals surface area (Å²) in [7, 11) is 0. The molecule has 0 aromatic heterocycles. The van der Waals surface area contributed by atoms with Crippen molar-refractivity contribution in [1.29, 1.82) is 0 Å². The van der Waals surface area contributed by atoms with Gasteiger partial charge in [0.25, 0.3) is 0 Å². The Labute approximate surface area is 205 Å². The molecule has 0 heterocycles. The molecule has 0 radical (unpaired) electrons. The fourth-order valence-corrected chi connectivity index (χ4v) is 5.66. The third kappa shape index (κ3) is 5.19. The minimum Gasteiger partial charge on any atom is -0.481 e. The first-order chi connectivity index (χ1) is 17.0. The standard InChI is InChI=1S/C28H32N2O5/c31-26(29-15-18-6-5-11-19(18)27(32)33)25(14-17-12-13-17)30-28(34)35-16-24-22-9-3-1-7-20(22)21-8-2-4-10-23(21)24/h1-4,7-10,17-19,24-25H,5-6,11-16H2,(H,29,31)(H,30,34)(H,32,33)/t18-,19-,25?/m1/s1. The molecule has 7 nitrogen and oxygen atoms in total. The Kier molecular flexibility index (Phi) is 6.75. The Morgan fingerprint density at radius 2 is 1.60 bits per heavy atom. The van der Waals surface area contributed by atoms with E-state index in [-0.39, 0.29) is 24.3 Å². The number of benzene rings is 2. The quantitative estimate of drug-likeness (QED) is 0.500. The Hall–Kier alpha value is -3.35. The lowest BCUT2D eigenvalue weighted by Crippen LogP contribution is -2.48. The van der Waals surface area contributed by atoms with Crippen LogP contribution in [0, 0.1) is 17.8 Å². The van der Waals surface area contributed by atoms with E-state index in [1.165, 1.54) is 0 Å². The highest BCUT2D eigenvalue weighted by Crippen LogP contribution is 2.44. The fourth-order valence-electron chi connectivity index (χ4n) is 5.66. The van der Waals surface area contributed by atoms with Crippen LogP contribution in [-0.4, -0.2) is 42.3 Å². The molecular formula is C28H32N2O5. The summed E-state index contributed by atoms with van der Waals surface area (Å²) in [6.07, 6.45) is 4.39. The molecule has 3 N–H and O–H groups in total. The Bertz CT molecular complexity index is 1070. The van der Waals surface area contributed by atoms with Crippen molar-refractivity contribution in [2.75, 3.05) is 13.2 Å². The first-order valence-electron chi connectivity index (χ1n) is 12.6. The summed E-state index contributed by atoms with van der Waals surface area (Å²) < 4.78 is 5.64. The van der Waals surface area contributed by atoms with E-state index < -0.39 is 24.0 Å². The summed E-state index contributed by atoms with van der Waals surface area (Å²) >= 11 is 0. The number of rotatable bonds is 9. The molecule has 0 saturated heterocycles. The molecule has 3 aliphatic carbocycles. The van der Waals surface area contributed by atoms with Crippen molar-refractivity contribution in [2.24, 2.45) is 17.8 Å². The second kappa shape index (κ2) is 10.1. The molecule has 2 amide bonds. The van der Waals surface area contributed by atoms with Crippen molar-refractivity contribution in [3.05, 3.63) is 59.7 Å². The highest BCUT2D eigenvalue weighted by molar-refractivity contribution is 5.86. The van der Waals surface area contributed by atoms with Gasteiger partial charge < -0.3 is 20.5 Å². The molecule has 3 aliphatic rings. The van der Waals surface area contributed by atoms with Gasteiger partial charge in [0.05, 0.1) is 5.92 Å². The molecule has 2 fully saturated rings. The smallest absolute Gasteiger partial charge is 0.407 e. The number of nitrogens with one attached hydrogen (secondary N) is 2. The first-order valence-corrected chi connectivity index (χ1v) is 12.6. The SMILES string of the molecule is O=C(NC(CC1CC1)C(=O)NC[C@H]1CCC[C@H]1C(=O)O)OCC1c2ccccc2-c2ccccc21. The Morgan fingerprint density at radius 3 is 2.23 bits per heavy atom. The van der Waals surface area contributed by atoms with E-state index in [1.54, 1.807) is 0 Å². The maximum atomic E-state index is 12.9. The van der Waals surface area contributed by atoms with Gasteiger partial charge in [-0.15, -0.1) is 0 Å². The molecule has 0 bridgehead atoms. The lowest BCUT2D eigenvalue weighted by Gasteiger charge is -2.22. The highest BCUT2D eigenvalue weighted by atomic mass is 16.5. The minimum atomic E-state index is -0.798. The van der Waals surface area contributed by atoms with E-state index in [0.29, 0.717) is 25.3 Å². The number of alkyl carbamates (subject to hydrolysis) is 1. The van der Waals surface area contributed by atoms with Crippen LogP contribution in [0.15, 0.2) is 48.5 Å². The van der Waals surface area contributed by atoms with Gasteiger partial charge in [-0.1, -0.05) is 67.8 Å². The van der Waals surface area contributed by atoms with Crippen molar-refractivity contribution in [3.8, 4) is 11.1 Å². The van der Waals surface area contributed by atoms with Gasteiger partial charge in [-0.2, -0.15) is 0 Å². The van der Waals surface area contributed by atoms with Gasteiger partial charge in [0.2, 0.25) is 5.91 Å². The molecule has 35 heavy (non-hydrogen) atoms.